The van der Waals surface area contributed by atoms with Gasteiger partial charge >= 0.3 is 0 Å². The molecule has 140 valence electrons. The molecule has 8 heteroatoms. The smallest absolute Gasteiger partial charge is 0.214 e. The monoisotopic (exact) mass is 408 g/mol. The van der Waals surface area contributed by atoms with Crippen molar-refractivity contribution in [3.63, 3.8) is 0 Å². The number of nitrogens with two attached hydrogens (primary N) is 1. The fourth-order valence-corrected chi connectivity index (χ4v) is 3.51. The lowest BCUT2D eigenvalue weighted by Crippen LogP contribution is -2.12. The normalized spacial score (nSPS) is 14.1. The summed E-state index contributed by atoms with van der Waals surface area (Å²) >= 11 is 2.24. The third kappa shape index (κ3) is 5.77. The molecule has 1 heterocycles. The molecule has 1 aliphatic heterocycles. The van der Waals surface area contributed by atoms with Gasteiger partial charge in [-0.15, -0.1) is 10.2 Å². The van der Waals surface area contributed by atoms with Crippen LogP contribution in [0.25, 0.3) is 0 Å². The highest BCUT2D eigenvalue weighted by Crippen LogP contribution is 2.19. The van der Waals surface area contributed by atoms with Crippen molar-refractivity contribution in [3.05, 3.63) is 83.3 Å². The average Bonchev–Trinajstić information content (AvgIpc) is 2.90. The summed E-state index contributed by atoms with van der Waals surface area (Å²) in [6.07, 6.45) is 1.54. The third-order valence-electron chi connectivity index (χ3n) is 3.54. The molecule has 0 unspecified atom stereocenters. The fourth-order valence-electron chi connectivity index (χ4n) is 2.23. The number of hydrogen-bond donors (Lipinski definition) is 1. The molecule has 28 heavy (non-hydrogen) atoms. The molecule has 0 fully saturated rings. The molecule has 0 saturated carbocycles. The molecule has 0 spiro atoms. The van der Waals surface area contributed by atoms with E-state index in [1.165, 1.54) is 6.08 Å². The van der Waals surface area contributed by atoms with Gasteiger partial charge in [0.2, 0.25) is 5.17 Å². The van der Waals surface area contributed by atoms with E-state index >= 15 is 0 Å². The zero-order valence-electron chi connectivity index (χ0n) is 14.7. The number of benzene rings is 2. The molecule has 0 aliphatic carbocycles. The minimum Gasteiger partial charge on any atom is -0.376 e. The molecule has 1 aliphatic rings. The van der Waals surface area contributed by atoms with E-state index in [2.05, 4.69) is 15.2 Å². The molecule has 2 aromatic rings. The van der Waals surface area contributed by atoms with Crippen molar-refractivity contribution in [1.82, 2.24) is 0 Å². The largest absolute Gasteiger partial charge is 0.376 e. The minimum atomic E-state index is -0.122. The second-order valence-electron chi connectivity index (χ2n) is 5.55. The summed E-state index contributed by atoms with van der Waals surface area (Å²) in [5.41, 5.74) is 6.98. The van der Waals surface area contributed by atoms with Crippen LogP contribution in [0.2, 0.25) is 0 Å². The van der Waals surface area contributed by atoms with Gasteiger partial charge in [0.05, 0.1) is 11.5 Å². The number of carbonyl (C=O) groups excluding carboxylic acids is 2. The molecule has 0 saturated heterocycles. The Morgan fingerprint density at radius 2 is 1.61 bits per heavy atom. The van der Waals surface area contributed by atoms with Crippen LogP contribution in [0.15, 0.2) is 87.3 Å². The van der Waals surface area contributed by atoms with Crippen LogP contribution in [-0.4, -0.2) is 26.9 Å². The van der Waals surface area contributed by atoms with Gasteiger partial charge in [-0.1, -0.05) is 72.4 Å². The first-order valence-corrected chi connectivity index (χ1v) is 9.99. The van der Waals surface area contributed by atoms with Gasteiger partial charge in [0.1, 0.15) is 0 Å². The zero-order chi connectivity index (χ0) is 19.8. The van der Waals surface area contributed by atoms with Gasteiger partial charge in [-0.2, -0.15) is 0 Å². The SMILES string of the molecule is NC1=NN=C(SC=CC(=O)c2ccccc2)N=C(CC(=O)c2ccccc2)S1. The maximum Gasteiger partial charge on any atom is 0.214 e. The summed E-state index contributed by atoms with van der Waals surface area (Å²) in [5.74, 6) is -0.191. The van der Waals surface area contributed by atoms with Crippen molar-refractivity contribution in [3.8, 4) is 0 Å². The first-order valence-electron chi connectivity index (χ1n) is 8.29. The number of allylic oxidation sites excluding steroid dienone is 1. The number of amidine groups is 2. The van der Waals surface area contributed by atoms with E-state index < -0.39 is 0 Å². The van der Waals surface area contributed by atoms with E-state index in [1.54, 1.807) is 41.8 Å². The van der Waals surface area contributed by atoms with Crippen molar-refractivity contribution in [2.75, 3.05) is 0 Å². The molecular weight excluding hydrogens is 392 g/mol. The molecule has 0 bridgehead atoms. The number of carbonyl (C=O) groups is 2. The topological polar surface area (TPSA) is 97.2 Å². The van der Waals surface area contributed by atoms with E-state index in [0.29, 0.717) is 21.3 Å². The number of ketones is 2. The fraction of sp³-hybridized carbons (Fsp3) is 0.0500. The van der Waals surface area contributed by atoms with E-state index in [4.69, 9.17) is 5.73 Å². The van der Waals surface area contributed by atoms with Crippen molar-refractivity contribution < 1.29 is 9.59 Å². The molecule has 0 aromatic heterocycles. The third-order valence-corrected chi connectivity index (χ3v) is 4.95. The Labute approximate surface area is 170 Å². The van der Waals surface area contributed by atoms with Gasteiger partial charge in [-0.05, 0) is 23.2 Å². The maximum atomic E-state index is 12.4. The lowest BCUT2D eigenvalue weighted by molar-refractivity contribution is 0.1000. The van der Waals surface area contributed by atoms with Gasteiger partial charge in [-0.3, -0.25) is 9.59 Å². The van der Waals surface area contributed by atoms with E-state index in [0.717, 1.165) is 23.5 Å². The number of hydrogen-bond acceptors (Lipinski definition) is 8. The highest BCUT2D eigenvalue weighted by molar-refractivity contribution is 8.26. The molecule has 0 amide bonds. The Morgan fingerprint density at radius 1 is 0.964 bits per heavy atom. The summed E-state index contributed by atoms with van der Waals surface area (Å²) in [5, 5.41) is 10.4. The standard InChI is InChI=1S/C20H16N4O2S2/c21-19-23-24-20(27-12-11-16(25)14-7-3-1-4-8-14)22-18(28-19)13-17(26)15-9-5-2-6-10-15/h1-12H,13H2,(H2,21,23). The Morgan fingerprint density at radius 3 is 2.29 bits per heavy atom. The Bertz CT molecular complexity index is 984. The number of thioether (sulfide) groups is 2. The molecule has 3 rings (SSSR count). The van der Waals surface area contributed by atoms with Crippen LogP contribution in [-0.2, 0) is 0 Å². The predicted octanol–water partition coefficient (Wildman–Crippen LogP) is 4.12. The highest BCUT2D eigenvalue weighted by atomic mass is 32.2. The van der Waals surface area contributed by atoms with Crippen LogP contribution >= 0.6 is 23.5 Å². The Kier molecular flexibility index (Phi) is 6.94. The summed E-state index contributed by atoms with van der Waals surface area (Å²) < 4.78 is 0. The summed E-state index contributed by atoms with van der Waals surface area (Å²) in [6.45, 7) is 0. The minimum absolute atomic E-state index is 0.0688. The zero-order valence-corrected chi connectivity index (χ0v) is 16.3. The van der Waals surface area contributed by atoms with Crippen molar-refractivity contribution in [2.24, 2.45) is 20.9 Å². The van der Waals surface area contributed by atoms with Gasteiger partial charge in [-0.25, -0.2) is 4.99 Å². The van der Waals surface area contributed by atoms with E-state index in [9.17, 15) is 9.59 Å². The molecule has 6 nitrogen and oxygen atoms in total. The molecular formula is C20H16N4O2S2. The maximum absolute atomic E-state index is 12.4. The van der Waals surface area contributed by atoms with E-state index in [-0.39, 0.29) is 23.2 Å². The summed E-state index contributed by atoms with van der Waals surface area (Å²) in [4.78, 5) is 28.9. The number of aliphatic imine (C=N–C) groups is 1. The van der Waals surface area contributed by atoms with Gasteiger partial charge in [0.25, 0.3) is 0 Å². The van der Waals surface area contributed by atoms with Crippen LogP contribution in [0.3, 0.4) is 0 Å². The average molecular weight is 409 g/mol. The van der Waals surface area contributed by atoms with Crippen molar-refractivity contribution in [2.45, 2.75) is 6.42 Å². The molecule has 2 aromatic carbocycles. The number of nitrogens with zero attached hydrogens (tertiary/aromatic N) is 3. The van der Waals surface area contributed by atoms with Crippen LogP contribution in [0.4, 0.5) is 0 Å². The Hall–Kier alpha value is -2.97. The predicted molar refractivity (Wildman–Crippen MR) is 117 cm³/mol. The van der Waals surface area contributed by atoms with Gasteiger partial charge in [0.15, 0.2) is 16.7 Å². The second-order valence-corrected chi connectivity index (χ2v) is 7.51. The highest BCUT2D eigenvalue weighted by Gasteiger charge is 2.15. The van der Waals surface area contributed by atoms with Crippen molar-refractivity contribution >= 4 is 50.5 Å². The van der Waals surface area contributed by atoms with E-state index in [1.807, 2.05) is 24.3 Å². The first-order chi connectivity index (χ1) is 13.6. The molecule has 0 atom stereocenters. The first kappa shape index (κ1) is 19.8. The van der Waals surface area contributed by atoms with Crippen LogP contribution in [0, 0.1) is 0 Å². The van der Waals surface area contributed by atoms with Crippen LogP contribution < -0.4 is 5.73 Å². The lowest BCUT2D eigenvalue weighted by atomic mass is 10.1. The summed E-state index contributed by atoms with van der Waals surface area (Å²) in [6, 6.07) is 17.9. The molecule has 2 N–H and O–H groups in total. The quantitative estimate of drug-likeness (QED) is 0.573. The number of Topliss-reactive ketones (excluding diaryl/α,β-unsaturated/α-hetero) is 1. The second kappa shape index (κ2) is 9.82. The number of rotatable bonds is 6. The molecule has 0 radical (unpaired) electrons. The van der Waals surface area contributed by atoms with Crippen molar-refractivity contribution in [1.29, 1.82) is 0 Å². The summed E-state index contributed by atoms with van der Waals surface area (Å²) in [7, 11) is 0. The van der Waals surface area contributed by atoms with Gasteiger partial charge in [0, 0.05) is 11.1 Å². The lowest BCUT2D eigenvalue weighted by Gasteiger charge is -2.03. The van der Waals surface area contributed by atoms with Crippen LogP contribution in [0.5, 0.6) is 0 Å². The Balaban J connectivity index is 1.68. The van der Waals surface area contributed by atoms with Crippen LogP contribution in [0.1, 0.15) is 27.1 Å². The van der Waals surface area contributed by atoms with Gasteiger partial charge < -0.3 is 5.73 Å².